The number of halogens is 2. The summed E-state index contributed by atoms with van der Waals surface area (Å²) in [7, 11) is 0. The Morgan fingerprint density at radius 2 is 2.08 bits per heavy atom. The molecule has 0 aliphatic heterocycles. The van der Waals surface area contributed by atoms with Gasteiger partial charge in [0.15, 0.2) is 16.4 Å². The summed E-state index contributed by atoms with van der Waals surface area (Å²) < 4.78 is 34.7. The summed E-state index contributed by atoms with van der Waals surface area (Å²) in [5.74, 6) is -1.00. The largest absolute Gasteiger partial charge is 0.420 e. The van der Waals surface area contributed by atoms with Gasteiger partial charge in [-0.05, 0) is 36.3 Å². The second kappa shape index (κ2) is 6.64. The van der Waals surface area contributed by atoms with Crippen molar-refractivity contribution >= 4 is 12.2 Å². The SMILES string of the molecule is CCCC(c1ccc(F)c(F)c1)n1c(-c2nnc(C)o2)c[nH]c1=S. The van der Waals surface area contributed by atoms with Gasteiger partial charge in [0, 0.05) is 13.1 Å². The number of aromatic nitrogens is 4. The Kier molecular flexibility index (Phi) is 4.57. The Labute approximate surface area is 142 Å². The van der Waals surface area contributed by atoms with Crippen molar-refractivity contribution in [2.24, 2.45) is 0 Å². The molecular weight excluding hydrogens is 334 g/mol. The van der Waals surface area contributed by atoms with Gasteiger partial charge in [-0.3, -0.25) is 0 Å². The number of nitrogens with zero attached hydrogens (tertiary/aromatic N) is 3. The average molecular weight is 350 g/mol. The monoisotopic (exact) mass is 350 g/mol. The Bertz CT molecular complexity index is 915. The van der Waals surface area contributed by atoms with E-state index in [0.29, 0.717) is 34.2 Å². The molecule has 8 heteroatoms. The van der Waals surface area contributed by atoms with E-state index in [1.54, 1.807) is 23.8 Å². The van der Waals surface area contributed by atoms with Gasteiger partial charge in [0.25, 0.3) is 5.89 Å². The van der Waals surface area contributed by atoms with Crippen LogP contribution in [-0.4, -0.2) is 19.7 Å². The van der Waals surface area contributed by atoms with Crippen molar-refractivity contribution in [1.82, 2.24) is 19.7 Å². The van der Waals surface area contributed by atoms with E-state index in [4.69, 9.17) is 16.6 Å². The van der Waals surface area contributed by atoms with E-state index in [1.807, 2.05) is 6.92 Å². The zero-order valence-corrected chi connectivity index (χ0v) is 14.0. The maximum atomic E-state index is 13.7. The van der Waals surface area contributed by atoms with Crippen molar-refractivity contribution in [3.8, 4) is 11.6 Å². The summed E-state index contributed by atoms with van der Waals surface area (Å²) in [6.45, 7) is 3.71. The van der Waals surface area contributed by atoms with E-state index in [1.165, 1.54) is 6.07 Å². The second-order valence-electron chi connectivity index (χ2n) is 5.45. The van der Waals surface area contributed by atoms with E-state index in [9.17, 15) is 8.78 Å². The summed E-state index contributed by atoms with van der Waals surface area (Å²) in [6, 6.07) is 3.62. The van der Waals surface area contributed by atoms with Gasteiger partial charge in [0.05, 0.1) is 6.04 Å². The fraction of sp³-hybridized carbons (Fsp3) is 0.312. The highest BCUT2D eigenvalue weighted by molar-refractivity contribution is 7.71. The highest BCUT2D eigenvalue weighted by Gasteiger charge is 2.22. The topological polar surface area (TPSA) is 59.6 Å². The fourth-order valence-electron chi connectivity index (χ4n) is 2.69. The highest BCUT2D eigenvalue weighted by Crippen LogP contribution is 2.30. The van der Waals surface area contributed by atoms with E-state index >= 15 is 0 Å². The van der Waals surface area contributed by atoms with Crippen molar-refractivity contribution in [1.29, 1.82) is 0 Å². The van der Waals surface area contributed by atoms with Crippen molar-refractivity contribution in [3.05, 3.63) is 52.3 Å². The molecule has 2 heterocycles. The normalized spacial score (nSPS) is 12.5. The fourth-order valence-corrected chi connectivity index (χ4v) is 2.98. The standard InChI is InChI=1S/C16H16F2N4OS/c1-3-4-13(10-5-6-11(17)12(18)7-10)22-14(8-19-16(22)24)15-21-20-9(2)23-15/h5-8,13H,3-4H2,1-2H3,(H,19,24). The predicted octanol–water partition coefficient (Wildman–Crippen LogP) is 4.57. The Balaban J connectivity index is 2.14. The molecule has 0 fully saturated rings. The molecule has 3 aromatic rings. The van der Waals surface area contributed by atoms with Crippen LogP contribution in [0.25, 0.3) is 11.6 Å². The summed E-state index contributed by atoms with van der Waals surface area (Å²) in [6.07, 6.45) is 3.20. The molecule has 1 aromatic carbocycles. The summed E-state index contributed by atoms with van der Waals surface area (Å²) in [5.41, 5.74) is 1.24. The molecule has 0 saturated carbocycles. The van der Waals surface area contributed by atoms with Crippen molar-refractivity contribution in [3.63, 3.8) is 0 Å². The molecule has 0 radical (unpaired) electrons. The van der Waals surface area contributed by atoms with E-state index in [0.717, 1.165) is 12.5 Å². The second-order valence-corrected chi connectivity index (χ2v) is 5.84. The molecule has 1 unspecified atom stereocenters. The molecule has 0 bridgehead atoms. The van der Waals surface area contributed by atoms with E-state index < -0.39 is 11.6 Å². The van der Waals surface area contributed by atoms with Crippen molar-refractivity contribution in [2.45, 2.75) is 32.7 Å². The lowest BCUT2D eigenvalue weighted by Crippen LogP contribution is -2.13. The van der Waals surface area contributed by atoms with Crippen LogP contribution in [0.3, 0.4) is 0 Å². The molecule has 126 valence electrons. The molecule has 5 nitrogen and oxygen atoms in total. The molecular formula is C16H16F2N4OS. The Hall–Kier alpha value is -2.35. The molecule has 0 aliphatic carbocycles. The molecule has 0 amide bonds. The van der Waals surface area contributed by atoms with Crippen LogP contribution < -0.4 is 0 Å². The number of aromatic amines is 1. The molecule has 1 atom stereocenters. The van der Waals surface area contributed by atoms with Gasteiger partial charge in [-0.25, -0.2) is 8.78 Å². The number of hydrogen-bond donors (Lipinski definition) is 1. The smallest absolute Gasteiger partial charge is 0.265 e. The third-order valence-electron chi connectivity index (χ3n) is 3.76. The molecule has 0 aliphatic rings. The Morgan fingerprint density at radius 1 is 1.29 bits per heavy atom. The highest BCUT2D eigenvalue weighted by atomic mass is 32.1. The van der Waals surface area contributed by atoms with E-state index in [-0.39, 0.29) is 6.04 Å². The van der Waals surface area contributed by atoms with Gasteiger partial charge >= 0.3 is 0 Å². The number of benzene rings is 1. The maximum Gasteiger partial charge on any atom is 0.265 e. The predicted molar refractivity (Wildman–Crippen MR) is 87.1 cm³/mol. The van der Waals surface area contributed by atoms with Crippen LogP contribution in [0.5, 0.6) is 0 Å². The minimum atomic E-state index is -0.883. The molecule has 24 heavy (non-hydrogen) atoms. The quantitative estimate of drug-likeness (QED) is 0.685. The number of nitrogens with one attached hydrogen (secondary N) is 1. The van der Waals surface area contributed by atoms with Gasteiger partial charge in [-0.15, -0.1) is 10.2 Å². The molecule has 0 saturated heterocycles. The summed E-state index contributed by atoms with van der Waals surface area (Å²) in [5, 5.41) is 7.85. The van der Waals surface area contributed by atoms with Gasteiger partial charge in [0.2, 0.25) is 5.89 Å². The van der Waals surface area contributed by atoms with Crippen LogP contribution in [0, 0.1) is 23.3 Å². The maximum absolute atomic E-state index is 13.7. The average Bonchev–Trinajstić information content (AvgIpc) is 3.14. The number of H-pyrrole nitrogens is 1. The van der Waals surface area contributed by atoms with Gasteiger partial charge < -0.3 is 14.0 Å². The van der Waals surface area contributed by atoms with Gasteiger partial charge in [-0.1, -0.05) is 19.4 Å². The number of hydrogen-bond acceptors (Lipinski definition) is 4. The summed E-state index contributed by atoms with van der Waals surface area (Å²) >= 11 is 5.38. The zero-order chi connectivity index (χ0) is 17.3. The third kappa shape index (κ3) is 3.01. The first kappa shape index (κ1) is 16.5. The van der Waals surface area contributed by atoms with Crippen molar-refractivity contribution < 1.29 is 13.2 Å². The molecule has 3 rings (SSSR count). The first-order valence-corrected chi connectivity index (χ1v) is 7.97. The number of imidazole rings is 1. The number of aryl methyl sites for hydroxylation is 1. The van der Waals surface area contributed by atoms with Crippen molar-refractivity contribution in [2.75, 3.05) is 0 Å². The lowest BCUT2D eigenvalue weighted by molar-refractivity contribution is 0.486. The first-order chi connectivity index (χ1) is 11.5. The van der Waals surface area contributed by atoms with Crippen LogP contribution in [0.15, 0.2) is 28.8 Å². The lowest BCUT2D eigenvalue weighted by atomic mass is 10.0. The molecule has 2 aromatic heterocycles. The molecule has 1 N–H and O–H groups in total. The first-order valence-electron chi connectivity index (χ1n) is 7.56. The van der Waals surface area contributed by atoms with Crippen LogP contribution in [-0.2, 0) is 0 Å². The lowest BCUT2D eigenvalue weighted by Gasteiger charge is -2.20. The van der Waals surface area contributed by atoms with Crippen LogP contribution >= 0.6 is 12.2 Å². The molecule has 0 spiro atoms. The van der Waals surface area contributed by atoms with Crippen LogP contribution in [0.1, 0.15) is 37.3 Å². The van der Waals surface area contributed by atoms with E-state index in [2.05, 4.69) is 15.2 Å². The third-order valence-corrected chi connectivity index (χ3v) is 4.07. The van der Waals surface area contributed by atoms with Gasteiger partial charge in [0.1, 0.15) is 5.69 Å². The minimum Gasteiger partial charge on any atom is -0.420 e. The van der Waals surface area contributed by atoms with Crippen LogP contribution in [0.2, 0.25) is 0 Å². The zero-order valence-electron chi connectivity index (χ0n) is 13.2. The summed E-state index contributed by atoms with van der Waals surface area (Å²) in [4.78, 5) is 2.96. The number of rotatable bonds is 5. The minimum absolute atomic E-state index is 0.272. The Morgan fingerprint density at radius 3 is 2.71 bits per heavy atom. The van der Waals surface area contributed by atoms with Crippen LogP contribution in [0.4, 0.5) is 8.78 Å². The van der Waals surface area contributed by atoms with Gasteiger partial charge in [-0.2, -0.15) is 0 Å².